The van der Waals surface area contributed by atoms with Crippen LogP contribution in [0.1, 0.15) is 37.5 Å². The average Bonchev–Trinajstić information content (AvgIpc) is 2.71. The van der Waals surface area contributed by atoms with Crippen LogP contribution in [0.25, 0.3) is 0 Å². The lowest BCUT2D eigenvalue weighted by Crippen LogP contribution is -2.50. The lowest BCUT2D eigenvalue weighted by molar-refractivity contribution is 0.0280. The average molecular weight is 442 g/mol. The molecule has 2 aromatic rings. The van der Waals surface area contributed by atoms with Gasteiger partial charge in [-0.15, -0.1) is 0 Å². The van der Waals surface area contributed by atoms with Crippen LogP contribution in [-0.2, 0) is 22.6 Å². The number of nitrogens with zero attached hydrogens (tertiary/aromatic N) is 1. The Morgan fingerprint density at radius 2 is 1.72 bits per heavy atom. The first-order chi connectivity index (χ1) is 15.1. The zero-order valence-corrected chi connectivity index (χ0v) is 19.7. The number of aryl methyl sites for hydroxylation is 1. The minimum Gasteiger partial charge on any atom is -0.445 e. The van der Waals surface area contributed by atoms with E-state index in [1.807, 2.05) is 76.2 Å². The minimum atomic E-state index is -0.591. The van der Waals surface area contributed by atoms with Gasteiger partial charge in [-0.25, -0.2) is 9.59 Å². The molecule has 2 aromatic carbocycles. The fraction of sp³-hybridized carbons (Fsp3) is 0.440. The number of carbonyl (C=O) groups excluding carboxylic acids is 2. The summed E-state index contributed by atoms with van der Waals surface area (Å²) < 4.78 is 10.8. The van der Waals surface area contributed by atoms with Crippen molar-refractivity contribution in [1.29, 1.82) is 0 Å². The summed E-state index contributed by atoms with van der Waals surface area (Å²) in [6.07, 6.45) is -0.977. The maximum absolute atomic E-state index is 12.4. The molecule has 0 aliphatic rings. The Hall–Kier alpha value is -3.06. The number of benzene rings is 2. The van der Waals surface area contributed by atoms with Crippen molar-refractivity contribution in [2.45, 2.75) is 52.5 Å². The largest absolute Gasteiger partial charge is 0.445 e. The summed E-state index contributed by atoms with van der Waals surface area (Å²) in [5.74, 6) is 0. The number of amides is 2. The van der Waals surface area contributed by atoms with Gasteiger partial charge in [0, 0.05) is 26.7 Å². The molecule has 2 N–H and O–H groups in total. The molecule has 0 bridgehead atoms. The summed E-state index contributed by atoms with van der Waals surface area (Å²) in [4.78, 5) is 26.2. The first-order valence-electron chi connectivity index (χ1n) is 10.8. The van der Waals surface area contributed by atoms with Crippen LogP contribution in [0.2, 0.25) is 0 Å². The Morgan fingerprint density at radius 1 is 1.03 bits per heavy atom. The van der Waals surface area contributed by atoms with E-state index in [1.165, 1.54) is 10.5 Å². The normalized spacial score (nSPS) is 12.0. The summed E-state index contributed by atoms with van der Waals surface area (Å²) in [6, 6.07) is 17.3. The maximum Gasteiger partial charge on any atom is 0.410 e. The number of rotatable bonds is 9. The van der Waals surface area contributed by atoms with Gasteiger partial charge in [0.05, 0.1) is 6.04 Å². The zero-order valence-electron chi connectivity index (χ0n) is 19.7. The zero-order chi connectivity index (χ0) is 23.6. The van der Waals surface area contributed by atoms with E-state index in [4.69, 9.17) is 9.47 Å². The van der Waals surface area contributed by atoms with Gasteiger partial charge in [-0.3, -0.25) is 0 Å². The molecule has 0 saturated carbocycles. The number of hydrogen-bond donors (Lipinski definition) is 2. The number of carbonyl (C=O) groups is 2. The molecule has 0 spiro atoms. The highest BCUT2D eigenvalue weighted by atomic mass is 16.6. The van der Waals surface area contributed by atoms with Crippen molar-refractivity contribution in [2.24, 2.45) is 0 Å². The van der Waals surface area contributed by atoms with E-state index >= 15 is 0 Å². The molecule has 0 unspecified atom stereocenters. The molecule has 1 atom stereocenters. The van der Waals surface area contributed by atoms with Crippen molar-refractivity contribution >= 4 is 12.2 Å². The van der Waals surface area contributed by atoms with Crippen LogP contribution in [0.5, 0.6) is 0 Å². The predicted molar refractivity (Wildman–Crippen MR) is 125 cm³/mol. The van der Waals surface area contributed by atoms with Crippen molar-refractivity contribution in [3.05, 3.63) is 71.3 Å². The second-order valence-corrected chi connectivity index (χ2v) is 8.88. The van der Waals surface area contributed by atoms with Crippen molar-refractivity contribution in [2.75, 3.05) is 20.1 Å². The Kier molecular flexibility index (Phi) is 9.53. The summed E-state index contributed by atoms with van der Waals surface area (Å²) in [5.41, 5.74) is 2.65. The second kappa shape index (κ2) is 12.1. The fourth-order valence-corrected chi connectivity index (χ4v) is 3.05. The molecule has 0 fully saturated rings. The van der Waals surface area contributed by atoms with E-state index in [0.717, 1.165) is 11.1 Å². The number of nitrogens with one attached hydrogen (secondary N) is 2. The van der Waals surface area contributed by atoms with E-state index in [-0.39, 0.29) is 19.2 Å². The minimum absolute atomic E-state index is 0.179. The van der Waals surface area contributed by atoms with Crippen LogP contribution in [0, 0.1) is 6.92 Å². The monoisotopic (exact) mass is 441 g/mol. The van der Waals surface area contributed by atoms with Crippen molar-refractivity contribution in [1.82, 2.24) is 15.5 Å². The molecule has 174 valence electrons. The van der Waals surface area contributed by atoms with Gasteiger partial charge < -0.3 is 25.0 Å². The molecular formula is C25H35N3O4. The molecule has 2 amide bonds. The third-order valence-corrected chi connectivity index (χ3v) is 4.54. The Labute approximate surface area is 191 Å². The third kappa shape index (κ3) is 9.83. The van der Waals surface area contributed by atoms with E-state index in [9.17, 15) is 9.59 Å². The van der Waals surface area contributed by atoms with Crippen LogP contribution in [-0.4, -0.2) is 48.9 Å². The van der Waals surface area contributed by atoms with Gasteiger partial charge in [0.15, 0.2) is 0 Å². The van der Waals surface area contributed by atoms with Gasteiger partial charge in [-0.05, 0) is 38.8 Å². The first-order valence-corrected chi connectivity index (χ1v) is 10.8. The predicted octanol–water partition coefficient (Wildman–Crippen LogP) is 4.25. The highest BCUT2D eigenvalue weighted by Crippen LogP contribution is 2.10. The Morgan fingerprint density at radius 3 is 2.38 bits per heavy atom. The van der Waals surface area contributed by atoms with Crippen LogP contribution in [0.3, 0.4) is 0 Å². The first kappa shape index (κ1) is 25.2. The summed E-state index contributed by atoms with van der Waals surface area (Å²) in [7, 11) is 1.65. The molecule has 0 radical (unpaired) electrons. The molecule has 32 heavy (non-hydrogen) atoms. The van der Waals surface area contributed by atoms with Crippen molar-refractivity contribution in [3.63, 3.8) is 0 Å². The number of alkyl carbamates (subject to hydrolysis) is 1. The summed E-state index contributed by atoms with van der Waals surface area (Å²) in [6.45, 7) is 9.06. The lowest BCUT2D eigenvalue weighted by Gasteiger charge is -2.28. The number of hydrogen-bond acceptors (Lipinski definition) is 5. The SMILES string of the molecule is Cc1cccc(CNC[C@@H](CN(C)C(=O)OC(C)(C)C)NC(=O)OCc2ccccc2)c1. The molecular weight excluding hydrogens is 406 g/mol. The van der Waals surface area contributed by atoms with Gasteiger partial charge in [-0.2, -0.15) is 0 Å². The maximum atomic E-state index is 12.4. The van der Waals surface area contributed by atoms with Gasteiger partial charge >= 0.3 is 12.2 Å². The highest BCUT2D eigenvalue weighted by Gasteiger charge is 2.23. The molecule has 2 rings (SSSR count). The van der Waals surface area contributed by atoms with Gasteiger partial charge in [0.1, 0.15) is 12.2 Å². The quantitative estimate of drug-likeness (QED) is 0.608. The van der Waals surface area contributed by atoms with Gasteiger partial charge in [-0.1, -0.05) is 60.2 Å². The van der Waals surface area contributed by atoms with Gasteiger partial charge in [0.25, 0.3) is 0 Å². The van der Waals surface area contributed by atoms with E-state index in [2.05, 4.69) is 16.7 Å². The van der Waals surface area contributed by atoms with Crippen LogP contribution < -0.4 is 10.6 Å². The lowest BCUT2D eigenvalue weighted by atomic mass is 10.1. The molecule has 0 aliphatic heterocycles. The molecule has 7 nitrogen and oxygen atoms in total. The smallest absolute Gasteiger partial charge is 0.410 e. The Balaban J connectivity index is 1.93. The Bertz CT molecular complexity index is 865. The van der Waals surface area contributed by atoms with Crippen LogP contribution in [0.4, 0.5) is 9.59 Å². The van der Waals surface area contributed by atoms with Crippen LogP contribution >= 0.6 is 0 Å². The van der Waals surface area contributed by atoms with Crippen molar-refractivity contribution < 1.29 is 19.1 Å². The summed E-state index contributed by atoms with van der Waals surface area (Å²) in [5, 5.41) is 6.21. The van der Waals surface area contributed by atoms with Gasteiger partial charge in [0.2, 0.25) is 0 Å². The van der Waals surface area contributed by atoms with E-state index in [1.54, 1.807) is 7.05 Å². The van der Waals surface area contributed by atoms with Crippen molar-refractivity contribution in [3.8, 4) is 0 Å². The molecule has 0 aromatic heterocycles. The van der Waals surface area contributed by atoms with E-state index in [0.29, 0.717) is 13.1 Å². The highest BCUT2D eigenvalue weighted by molar-refractivity contribution is 5.69. The summed E-state index contributed by atoms with van der Waals surface area (Å²) >= 11 is 0. The second-order valence-electron chi connectivity index (χ2n) is 8.88. The molecule has 0 aliphatic carbocycles. The number of ether oxygens (including phenoxy) is 2. The topological polar surface area (TPSA) is 79.9 Å². The molecule has 7 heteroatoms. The standard InChI is InChI=1S/C25H35N3O4/c1-19-10-9-13-21(14-19)15-26-16-22(17-28(5)24(30)32-25(2,3)4)27-23(29)31-18-20-11-7-6-8-12-20/h6-14,22,26H,15-18H2,1-5H3,(H,27,29)/t22-/m0/s1. The molecule has 0 heterocycles. The fourth-order valence-electron chi connectivity index (χ4n) is 3.05. The van der Waals surface area contributed by atoms with E-state index < -0.39 is 17.8 Å². The van der Waals surface area contributed by atoms with Crippen LogP contribution in [0.15, 0.2) is 54.6 Å². The third-order valence-electron chi connectivity index (χ3n) is 4.54. The molecule has 0 saturated heterocycles. The number of likely N-dealkylation sites (N-methyl/N-ethyl adjacent to an activating group) is 1.